The number of hydrogen-bond donors (Lipinski definition) is 0. The lowest BCUT2D eigenvalue weighted by Crippen LogP contribution is -2.42. The Kier molecular flexibility index (Phi) is 5.43. The van der Waals surface area contributed by atoms with Crippen LogP contribution >= 0.6 is 27.5 Å². The van der Waals surface area contributed by atoms with Crippen LogP contribution < -0.4 is 4.74 Å². The van der Waals surface area contributed by atoms with Crippen LogP contribution in [0.1, 0.15) is 24.3 Å². The first-order valence-electron chi connectivity index (χ1n) is 7.83. The average molecular weight is 464 g/mol. The minimum Gasteiger partial charge on any atom is -0.424 e. The van der Waals surface area contributed by atoms with Gasteiger partial charge in [-0.2, -0.15) is 4.31 Å². The first-order chi connectivity index (χ1) is 12.2. The average Bonchev–Trinajstić information content (AvgIpc) is 3.17. The Morgan fingerprint density at radius 3 is 2.77 bits per heavy atom. The number of ether oxygens (including phenoxy) is 1. The van der Waals surface area contributed by atoms with Gasteiger partial charge in [0.25, 0.3) is 0 Å². The highest BCUT2D eigenvalue weighted by atomic mass is 79.9. The van der Waals surface area contributed by atoms with E-state index in [0.29, 0.717) is 12.8 Å². The first-order valence-corrected chi connectivity index (χ1v) is 10.4. The molecule has 0 saturated carbocycles. The lowest BCUT2D eigenvalue weighted by atomic mass is 10.2. The minimum atomic E-state index is -3.92. The second kappa shape index (κ2) is 7.30. The van der Waals surface area contributed by atoms with E-state index in [4.69, 9.17) is 20.9 Å². The van der Waals surface area contributed by atoms with Crippen molar-refractivity contribution in [3.05, 3.63) is 39.1 Å². The molecule has 0 amide bonds. The van der Waals surface area contributed by atoms with Crippen molar-refractivity contribution in [2.45, 2.75) is 37.6 Å². The van der Waals surface area contributed by atoms with Crippen molar-refractivity contribution in [1.29, 1.82) is 0 Å². The van der Waals surface area contributed by atoms with Crippen LogP contribution in [0.15, 0.2) is 32.1 Å². The molecule has 1 aromatic carbocycles. The maximum atomic E-state index is 13.0. The van der Waals surface area contributed by atoms with Gasteiger partial charge in [-0.25, -0.2) is 13.2 Å². The van der Waals surface area contributed by atoms with Crippen LogP contribution in [0.4, 0.5) is 0 Å². The number of carbonyl (C=O) groups is 1. The van der Waals surface area contributed by atoms with E-state index in [1.165, 1.54) is 6.92 Å². The smallest absolute Gasteiger partial charge is 0.329 e. The van der Waals surface area contributed by atoms with Crippen LogP contribution in [-0.4, -0.2) is 36.4 Å². The number of halogens is 2. The van der Waals surface area contributed by atoms with Gasteiger partial charge in [0.15, 0.2) is 5.76 Å². The second-order valence-electron chi connectivity index (χ2n) is 5.92. The van der Waals surface area contributed by atoms with Crippen LogP contribution in [0.3, 0.4) is 0 Å². The molecule has 10 heteroatoms. The van der Waals surface area contributed by atoms with Crippen LogP contribution in [-0.2, 0) is 14.8 Å². The summed E-state index contributed by atoms with van der Waals surface area (Å²) in [5.74, 6) is -0.291. The Morgan fingerprint density at radius 1 is 1.42 bits per heavy atom. The van der Waals surface area contributed by atoms with Crippen molar-refractivity contribution >= 4 is 43.5 Å². The van der Waals surface area contributed by atoms with Gasteiger partial charge in [0.2, 0.25) is 10.0 Å². The molecule has 1 fully saturated rings. The standard InChI is InChI=1S/C16H16BrClN2O5S/c1-9-15(10(2)25-19-9)26(22,23)20-7-3-4-13(20)16(21)24-14-6-5-11(17)8-12(14)18/h5-6,8,13H,3-4,7H2,1-2H3/t13-/m0/s1. The van der Waals surface area contributed by atoms with Crippen molar-refractivity contribution in [1.82, 2.24) is 9.46 Å². The highest BCUT2D eigenvalue weighted by Crippen LogP contribution is 2.32. The number of esters is 1. The summed E-state index contributed by atoms with van der Waals surface area (Å²) in [6.45, 7) is 3.30. The number of aryl methyl sites for hydroxylation is 2. The molecule has 26 heavy (non-hydrogen) atoms. The van der Waals surface area contributed by atoms with Crippen molar-refractivity contribution in [3.63, 3.8) is 0 Å². The monoisotopic (exact) mass is 462 g/mol. The Bertz CT molecular complexity index is 940. The summed E-state index contributed by atoms with van der Waals surface area (Å²) < 4.78 is 38.2. The van der Waals surface area contributed by atoms with Crippen molar-refractivity contribution < 1.29 is 22.5 Å². The lowest BCUT2D eigenvalue weighted by molar-refractivity contribution is -0.137. The topological polar surface area (TPSA) is 89.7 Å². The lowest BCUT2D eigenvalue weighted by Gasteiger charge is -2.22. The van der Waals surface area contributed by atoms with Gasteiger partial charge >= 0.3 is 5.97 Å². The molecule has 1 saturated heterocycles. The van der Waals surface area contributed by atoms with E-state index in [0.717, 1.165) is 8.78 Å². The summed E-state index contributed by atoms with van der Waals surface area (Å²) in [6.07, 6.45) is 0.923. The molecule has 0 radical (unpaired) electrons. The SMILES string of the molecule is Cc1noc(C)c1S(=O)(=O)N1CCC[C@H]1C(=O)Oc1ccc(Br)cc1Cl. The predicted molar refractivity (Wildman–Crippen MR) is 97.7 cm³/mol. The Hall–Kier alpha value is -1.42. The fraction of sp³-hybridized carbons (Fsp3) is 0.375. The second-order valence-corrected chi connectivity index (χ2v) is 9.07. The van der Waals surface area contributed by atoms with Crippen molar-refractivity contribution in [3.8, 4) is 5.75 Å². The van der Waals surface area contributed by atoms with Crippen LogP contribution in [0.5, 0.6) is 5.75 Å². The van der Waals surface area contributed by atoms with Crippen LogP contribution in [0, 0.1) is 13.8 Å². The van der Waals surface area contributed by atoms with Crippen molar-refractivity contribution in [2.75, 3.05) is 6.54 Å². The Labute approximate surface area is 164 Å². The maximum Gasteiger partial charge on any atom is 0.329 e. The number of carbonyl (C=O) groups excluding carboxylic acids is 1. The number of rotatable bonds is 4. The quantitative estimate of drug-likeness (QED) is 0.509. The van der Waals surface area contributed by atoms with Gasteiger partial charge in [-0.05, 0) is 44.9 Å². The molecule has 7 nitrogen and oxygen atoms in total. The highest BCUT2D eigenvalue weighted by Gasteiger charge is 2.43. The van der Waals surface area contributed by atoms with Gasteiger partial charge in [-0.1, -0.05) is 32.7 Å². The van der Waals surface area contributed by atoms with Crippen LogP contribution in [0.25, 0.3) is 0 Å². The van der Waals surface area contributed by atoms with Gasteiger partial charge in [-0.3, -0.25) is 0 Å². The maximum absolute atomic E-state index is 13.0. The third kappa shape index (κ3) is 3.53. The van der Waals surface area contributed by atoms with Gasteiger partial charge < -0.3 is 9.26 Å². The largest absolute Gasteiger partial charge is 0.424 e. The van der Waals surface area contributed by atoms with Gasteiger partial charge in [0.05, 0.1) is 5.02 Å². The van der Waals surface area contributed by atoms with E-state index in [2.05, 4.69) is 21.1 Å². The van der Waals surface area contributed by atoms with E-state index in [1.54, 1.807) is 25.1 Å². The molecule has 2 aromatic rings. The van der Waals surface area contributed by atoms with Crippen molar-refractivity contribution in [2.24, 2.45) is 0 Å². The number of nitrogens with zero attached hydrogens (tertiary/aromatic N) is 2. The molecule has 140 valence electrons. The van der Waals surface area contributed by atoms with E-state index in [1.807, 2.05) is 0 Å². The normalized spacial score (nSPS) is 18.2. The van der Waals surface area contributed by atoms with E-state index in [-0.39, 0.29) is 33.7 Å². The van der Waals surface area contributed by atoms with Gasteiger partial charge in [0, 0.05) is 11.0 Å². The zero-order valence-corrected chi connectivity index (χ0v) is 17.2. The summed E-state index contributed by atoms with van der Waals surface area (Å²) in [5, 5.41) is 3.95. The van der Waals surface area contributed by atoms with E-state index >= 15 is 0 Å². The third-order valence-corrected chi connectivity index (χ3v) is 7.06. The number of hydrogen-bond acceptors (Lipinski definition) is 6. The highest BCUT2D eigenvalue weighted by molar-refractivity contribution is 9.10. The zero-order valence-electron chi connectivity index (χ0n) is 14.0. The molecule has 3 rings (SSSR count). The molecule has 0 N–H and O–H groups in total. The van der Waals surface area contributed by atoms with Crippen LogP contribution in [0.2, 0.25) is 5.02 Å². The van der Waals surface area contributed by atoms with Gasteiger partial charge in [0.1, 0.15) is 22.4 Å². The molecule has 0 unspecified atom stereocenters. The molecule has 0 aliphatic carbocycles. The summed E-state index contributed by atoms with van der Waals surface area (Å²) in [5.41, 5.74) is 0.262. The third-order valence-electron chi connectivity index (χ3n) is 4.11. The summed E-state index contributed by atoms with van der Waals surface area (Å²) in [7, 11) is -3.92. The van der Waals surface area contributed by atoms with E-state index < -0.39 is 22.0 Å². The molecule has 1 aliphatic rings. The van der Waals surface area contributed by atoms with E-state index in [9.17, 15) is 13.2 Å². The predicted octanol–water partition coefficient (Wildman–Crippen LogP) is 3.47. The molecule has 2 heterocycles. The summed E-state index contributed by atoms with van der Waals surface area (Å²) in [4.78, 5) is 12.6. The number of sulfonamides is 1. The first kappa shape index (κ1) is 19.3. The molecule has 0 spiro atoms. The fourth-order valence-corrected chi connectivity index (χ4v) is 5.61. The minimum absolute atomic E-state index is 0.00104. The number of aromatic nitrogens is 1. The summed E-state index contributed by atoms with van der Waals surface area (Å²) >= 11 is 9.34. The molecule has 1 atom stereocenters. The molecule has 1 aromatic heterocycles. The summed E-state index contributed by atoms with van der Waals surface area (Å²) in [6, 6.07) is 3.90. The van der Waals surface area contributed by atoms with Gasteiger partial charge in [-0.15, -0.1) is 0 Å². The molecular weight excluding hydrogens is 448 g/mol. The zero-order chi connectivity index (χ0) is 19.1. The molecule has 0 bridgehead atoms. The Balaban J connectivity index is 1.87. The fourth-order valence-electron chi connectivity index (χ4n) is 2.96. The number of benzene rings is 1. The Morgan fingerprint density at radius 2 is 2.15 bits per heavy atom. The molecular formula is C16H16BrClN2O5S. The molecule has 1 aliphatic heterocycles.